The molecule has 2 aliphatic rings. The van der Waals surface area contributed by atoms with E-state index in [2.05, 4.69) is 30.9 Å². The molecule has 32 heavy (non-hydrogen) atoms. The first-order valence-electron chi connectivity index (χ1n) is 12.2. The number of hydrogen-bond donors (Lipinski definition) is 0. The van der Waals surface area contributed by atoms with Gasteiger partial charge >= 0.3 is 0 Å². The topological polar surface area (TPSA) is 0 Å². The predicted molar refractivity (Wildman–Crippen MR) is 128 cm³/mol. The van der Waals surface area contributed by atoms with Crippen molar-refractivity contribution in [1.82, 2.24) is 0 Å². The molecule has 2 aromatic rings. The van der Waals surface area contributed by atoms with Crippen LogP contribution in [0.15, 0.2) is 48.6 Å². The van der Waals surface area contributed by atoms with Gasteiger partial charge in [0.25, 0.3) is 0 Å². The third-order valence-corrected chi connectivity index (χ3v) is 7.62. The Labute approximate surface area is 192 Å². The van der Waals surface area contributed by atoms with E-state index in [1.54, 1.807) is 18.2 Å². The van der Waals surface area contributed by atoms with Crippen molar-refractivity contribution >= 4 is 0 Å². The molecule has 0 spiro atoms. The lowest BCUT2D eigenvalue weighted by Crippen LogP contribution is -2.30. The van der Waals surface area contributed by atoms with Crippen molar-refractivity contribution in [3.05, 3.63) is 82.4 Å². The smallest absolute Gasteiger partial charge is 0.139 e. The summed E-state index contributed by atoms with van der Waals surface area (Å²) in [5.41, 5.74) is 2.59. The zero-order valence-electron chi connectivity index (χ0n) is 19.3. The van der Waals surface area contributed by atoms with E-state index in [0.29, 0.717) is 17.0 Å². The summed E-state index contributed by atoms with van der Waals surface area (Å²) in [6.45, 7) is 3.94. The molecule has 0 heterocycles. The summed E-state index contributed by atoms with van der Waals surface area (Å²) < 4.78 is 28.8. The van der Waals surface area contributed by atoms with Gasteiger partial charge in [-0.25, -0.2) is 8.78 Å². The summed E-state index contributed by atoms with van der Waals surface area (Å²) in [6, 6.07) is 10.4. The summed E-state index contributed by atoms with van der Waals surface area (Å²) in [5, 5.41) is 0. The highest BCUT2D eigenvalue weighted by Gasteiger charge is 2.35. The summed E-state index contributed by atoms with van der Waals surface area (Å²) >= 11 is 0. The Kier molecular flexibility index (Phi) is 7.46. The number of benzene rings is 2. The zero-order valence-corrected chi connectivity index (χ0v) is 19.3. The maximum Gasteiger partial charge on any atom is 0.139 e. The van der Waals surface area contributed by atoms with Gasteiger partial charge in [0.2, 0.25) is 0 Å². The van der Waals surface area contributed by atoms with Crippen LogP contribution in [0.5, 0.6) is 0 Å². The van der Waals surface area contributed by atoms with Crippen LogP contribution < -0.4 is 0 Å². The Hall–Kier alpha value is -2.40. The average Bonchev–Trinajstić information content (AvgIpc) is 2.79. The first-order valence-corrected chi connectivity index (χ1v) is 12.2. The van der Waals surface area contributed by atoms with E-state index >= 15 is 0 Å². The van der Waals surface area contributed by atoms with Crippen LogP contribution in [0.1, 0.15) is 86.5 Å². The molecule has 0 saturated heterocycles. The Morgan fingerprint density at radius 2 is 1.56 bits per heavy atom. The number of rotatable bonds is 4. The summed E-state index contributed by atoms with van der Waals surface area (Å²) in [7, 11) is 0. The van der Waals surface area contributed by atoms with Crippen molar-refractivity contribution in [3.63, 3.8) is 0 Å². The SMILES string of the molecule is C/C=C/CCC1CCC2CC(c3ccc(C#Cc4ccc(C)cc4F)c(F)c3)CCC2C1. The molecule has 2 aliphatic carbocycles. The van der Waals surface area contributed by atoms with Crippen LogP contribution in [0.3, 0.4) is 0 Å². The van der Waals surface area contributed by atoms with Gasteiger partial charge in [0.1, 0.15) is 11.6 Å². The minimum atomic E-state index is -0.358. The molecule has 2 aromatic carbocycles. The maximum atomic E-state index is 14.8. The lowest BCUT2D eigenvalue weighted by molar-refractivity contribution is 0.115. The van der Waals surface area contributed by atoms with Crippen molar-refractivity contribution in [2.45, 2.75) is 71.1 Å². The highest BCUT2D eigenvalue weighted by atomic mass is 19.1. The molecule has 4 rings (SSSR count). The molecule has 4 atom stereocenters. The molecule has 2 fully saturated rings. The molecular weight excluding hydrogens is 398 g/mol. The number of allylic oxidation sites excluding steroid dienone is 2. The van der Waals surface area contributed by atoms with Crippen molar-refractivity contribution in [1.29, 1.82) is 0 Å². The van der Waals surface area contributed by atoms with Crippen LogP contribution >= 0.6 is 0 Å². The Balaban J connectivity index is 1.39. The predicted octanol–water partition coefficient (Wildman–Crippen LogP) is 8.33. The van der Waals surface area contributed by atoms with Gasteiger partial charge in [-0.3, -0.25) is 0 Å². The Morgan fingerprint density at radius 3 is 2.28 bits per heavy atom. The Bertz CT molecular complexity index is 1020. The highest BCUT2D eigenvalue weighted by Crippen LogP contribution is 2.48. The van der Waals surface area contributed by atoms with Crippen LogP contribution in [-0.2, 0) is 0 Å². The molecule has 0 bridgehead atoms. The van der Waals surface area contributed by atoms with Crippen LogP contribution in [0.4, 0.5) is 8.78 Å². The molecular formula is C30H34F2. The van der Waals surface area contributed by atoms with Gasteiger partial charge in [-0.15, -0.1) is 0 Å². The van der Waals surface area contributed by atoms with E-state index in [4.69, 9.17) is 0 Å². The molecule has 2 saturated carbocycles. The fourth-order valence-electron chi connectivity index (χ4n) is 5.79. The van der Waals surface area contributed by atoms with Crippen LogP contribution in [-0.4, -0.2) is 0 Å². The van der Waals surface area contributed by atoms with Gasteiger partial charge in [0, 0.05) is 0 Å². The molecule has 0 N–H and O–H groups in total. The average molecular weight is 433 g/mol. The standard InChI is InChI=1S/C30H34F2/c1-3-4-5-6-22-8-10-26-19-27(16-15-25(26)18-22)28-14-13-24(30(32)20-28)12-11-23-9-7-21(2)17-29(23)31/h3-4,7,9,13-14,17,20,22,25-27H,5-6,8,10,15-16,18-19H2,1-2H3/b4-3+. The first kappa shape index (κ1) is 22.8. The van der Waals surface area contributed by atoms with E-state index < -0.39 is 0 Å². The number of fused-ring (bicyclic) bond motifs is 1. The minimum Gasteiger partial charge on any atom is -0.206 e. The first-order chi connectivity index (χ1) is 15.5. The van der Waals surface area contributed by atoms with Crippen LogP contribution in [0, 0.1) is 48.2 Å². The van der Waals surface area contributed by atoms with Crippen LogP contribution in [0.25, 0.3) is 0 Å². The lowest BCUT2D eigenvalue weighted by Gasteiger charge is -2.42. The van der Waals surface area contributed by atoms with E-state index in [1.165, 1.54) is 51.0 Å². The second kappa shape index (κ2) is 10.5. The molecule has 0 aliphatic heterocycles. The molecule has 2 heteroatoms. The molecule has 4 unspecified atom stereocenters. The molecule has 0 nitrogen and oxygen atoms in total. The fourth-order valence-corrected chi connectivity index (χ4v) is 5.79. The maximum absolute atomic E-state index is 14.8. The van der Waals surface area contributed by atoms with Crippen molar-refractivity contribution in [3.8, 4) is 11.8 Å². The third kappa shape index (κ3) is 5.50. The summed E-state index contributed by atoms with van der Waals surface area (Å²) in [5.74, 6) is 7.93. The molecule has 0 radical (unpaired) electrons. The highest BCUT2D eigenvalue weighted by molar-refractivity contribution is 5.45. The second-order valence-corrected chi connectivity index (χ2v) is 9.83. The Morgan fingerprint density at radius 1 is 0.875 bits per heavy atom. The molecule has 0 aromatic heterocycles. The van der Waals surface area contributed by atoms with Gasteiger partial charge < -0.3 is 0 Å². The largest absolute Gasteiger partial charge is 0.206 e. The zero-order chi connectivity index (χ0) is 22.5. The number of halogens is 2. The van der Waals surface area contributed by atoms with Crippen molar-refractivity contribution in [2.75, 3.05) is 0 Å². The quantitative estimate of drug-likeness (QED) is 0.336. The van der Waals surface area contributed by atoms with Crippen molar-refractivity contribution in [2.24, 2.45) is 17.8 Å². The van der Waals surface area contributed by atoms with Gasteiger partial charge in [-0.1, -0.05) is 42.5 Å². The van der Waals surface area contributed by atoms with Crippen LogP contribution in [0.2, 0.25) is 0 Å². The normalized spacial score (nSPS) is 25.2. The number of aryl methyl sites for hydroxylation is 1. The van der Waals surface area contributed by atoms with Gasteiger partial charge in [-0.2, -0.15) is 0 Å². The van der Waals surface area contributed by atoms with E-state index in [0.717, 1.165) is 35.3 Å². The lowest BCUT2D eigenvalue weighted by atomic mass is 9.63. The summed E-state index contributed by atoms with van der Waals surface area (Å²) in [6.07, 6.45) is 14.7. The molecule has 168 valence electrons. The van der Waals surface area contributed by atoms with E-state index in [9.17, 15) is 8.78 Å². The van der Waals surface area contributed by atoms with E-state index in [-0.39, 0.29) is 11.6 Å². The summed E-state index contributed by atoms with van der Waals surface area (Å²) in [4.78, 5) is 0. The van der Waals surface area contributed by atoms with Gasteiger partial charge in [0.15, 0.2) is 0 Å². The monoisotopic (exact) mass is 432 g/mol. The molecule has 0 amide bonds. The third-order valence-electron chi connectivity index (χ3n) is 7.62. The number of hydrogen-bond acceptors (Lipinski definition) is 0. The fraction of sp³-hybridized carbons (Fsp3) is 0.467. The van der Waals surface area contributed by atoms with Gasteiger partial charge in [0.05, 0.1) is 11.1 Å². The van der Waals surface area contributed by atoms with Crippen molar-refractivity contribution < 1.29 is 8.78 Å². The van der Waals surface area contributed by atoms with Gasteiger partial charge in [-0.05, 0) is 118 Å². The second-order valence-electron chi connectivity index (χ2n) is 9.83. The van der Waals surface area contributed by atoms with E-state index in [1.807, 2.05) is 19.1 Å². The minimum absolute atomic E-state index is 0.294.